The zero-order valence-corrected chi connectivity index (χ0v) is 9.22. The Balaban J connectivity index is 0.00000121. The minimum atomic E-state index is -1.14. The van der Waals surface area contributed by atoms with Gasteiger partial charge in [-0.05, 0) is 13.8 Å². The Kier molecular flexibility index (Phi) is 3.44. The molecule has 1 rings (SSSR count). The van der Waals surface area contributed by atoms with E-state index in [0.717, 1.165) is 0 Å². The molecular formula is C6H8N2NaO3. The Morgan fingerprint density at radius 2 is 1.33 bits per heavy atom. The molecule has 12 heavy (non-hydrogen) atoms. The van der Waals surface area contributed by atoms with E-state index in [1.165, 1.54) is 13.8 Å². The maximum atomic E-state index is 10.9. The molecule has 1 fully saturated rings. The van der Waals surface area contributed by atoms with E-state index in [0.29, 0.717) is 0 Å². The van der Waals surface area contributed by atoms with Crippen LogP contribution >= 0.6 is 0 Å². The number of carbonyl (C=O) groups is 3. The van der Waals surface area contributed by atoms with Crippen molar-refractivity contribution in [1.82, 2.24) is 10.6 Å². The van der Waals surface area contributed by atoms with Gasteiger partial charge in [-0.1, -0.05) is 0 Å². The van der Waals surface area contributed by atoms with Gasteiger partial charge in [-0.3, -0.25) is 20.2 Å². The predicted octanol–water partition coefficient (Wildman–Crippen LogP) is -1.00. The van der Waals surface area contributed by atoms with Crippen LogP contribution in [0.15, 0.2) is 0 Å². The molecule has 1 saturated heterocycles. The average Bonchev–Trinajstić information content (AvgIpc) is 1.84. The SMILES string of the molecule is CC1(C)C(=O)NC(=O)NC1=O.[Na]. The van der Waals surface area contributed by atoms with Gasteiger partial charge in [0.05, 0.1) is 0 Å². The van der Waals surface area contributed by atoms with Crippen LogP contribution in [0.25, 0.3) is 0 Å². The molecule has 1 radical (unpaired) electrons. The summed E-state index contributed by atoms with van der Waals surface area (Å²) in [5, 5.41) is 3.98. The maximum absolute atomic E-state index is 10.9. The molecule has 61 valence electrons. The van der Waals surface area contributed by atoms with Crippen molar-refractivity contribution in [1.29, 1.82) is 0 Å². The zero-order chi connectivity index (χ0) is 8.65. The fourth-order valence-electron chi connectivity index (χ4n) is 0.653. The van der Waals surface area contributed by atoms with Gasteiger partial charge in [0.1, 0.15) is 5.41 Å². The van der Waals surface area contributed by atoms with E-state index in [9.17, 15) is 14.4 Å². The first-order valence-corrected chi connectivity index (χ1v) is 3.11. The van der Waals surface area contributed by atoms with E-state index in [1.54, 1.807) is 0 Å². The average molecular weight is 179 g/mol. The molecule has 1 heterocycles. The quantitative estimate of drug-likeness (QED) is 0.370. The second-order valence-corrected chi connectivity index (χ2v) is 2.86. The molecule has 5 nitrogen and oxygen atoms in total. The molecule has 0 bridgehead atoms. The van der Waals surface area contributed by atoms with Crippen LogP contribution in [0.1, 0.15) is 13.8 Å². The van der Waals surface area contributed by atoms with Crippen molar-refractivity contribution in [3.05, 3.63) is 0 Å². The normalized spacial score (nSPS) is 20.7. The molecule has 6 heteroatoms. The van der Waals surface area contributed by atoms with E-state index in [4.69, 9.17) is 0 Å². The van der Waals surface area contributed by atoms with Crippen LogP contribution in [0, 0.1) is 5.41 Å². The number of hydrogen-bond acceptors (Lipinski definition) is 3. The van der Waals surface area contributed by atoms with Crippen molar-refractivity contribution in [2.45, 2.75) is 13.8 Å². The molecule has 2 N–H and O–H groups in total. The van der Waals surface area contributed by atoms with Crippen molar-refractivity contribution in [3.8, 4) is 0 Å². The van der Waals surface area contributed by atoms with Crippen LogP contribution in [0.2, 0.25) is 0 Å². The third-order valence-electron chi connectivity index (χ3n) is 1.59. The van der Waals surface area contributed by atoms with Gasteiger partial charge in [0.2, 0.25) is 11.8 Å². The topological polar surface area (TPSA) is 75.3 Å². The van der Waals surface area contributed by atoms with Crippen molar-refractivity contribution < 1.29 is 14.4 Å². The predicted molar refractivity (Wildman–Crippen MR) is 41.2 cm³/mol. The molecule has 0 saturated carbocycles. The Morgan fingerprint density at radius 1 is 1.00 bits per heavy atom. The van der Waals surface area contributed by atoms with Crippen LogP contribution in [-0.4, -0.2) is 47.4 Å². The summed E-state index contributed by atoms with van der Waals surface area (Å²) in [6, 6.07) is -0.751. The van der Waals surface area contributed by atoms with Crippen molar-refractivity contribution in [2.24, 2.45) is 5.41 Å². The largest absolute Gasteiger partial charge is 0.328 e. The van der Waals surface area contributed by atoms with Crippen molar-refractivity contribution in [2.75, 3.05) is 0 Å². The van der Waals surface area contributed by atoms with Crippen molar-refractivity contribution in [3.63, 3.8) is 0 Å². The fraction of sp³-hybridized carbons (Fsp3) is 0.500. The van der Waals surface area contributed by atoms with Gasteiger partial charge in [-0.25, -0.2) is 4.79 Å². The summed E-state index contributed by atoms with van der Waals surface area (Å²) in [5.41, 5.74) is -1.14. The Morgan fingerprint density at radius 3 is 1.67 bits per heavy atom. The molecule has 0 aromatic rings. The first kappa shape index (κ1) is 11.6. The molecule has 0 atom stereocenters. The molecular weight excluding hydrogens is 171 g/mol. The van der Waals surface area contributed by atoms with Gasteiger partial charge < -0.3 is 0 Å². The van der Waals surface area contributed by atoms with Gasteiger partial charge in [0, 0.05) is 29.6 Å². The maximum Gasteiger partial charge on any atom is 0.328 e. The molecule has 0 aromatic heterocycles. The first-order valence-electron chi connectivity index (χ1n) is 3.11. The van der Waals surface area contributed by atoms with Gasteiger partial charge in [-0.15, -0.1) is 0 Å². The molecule has 0 aliphatic carbocycles. The number of rotatable bonds is 0. The molecule has 1 aliphatic rings. The number of imide groups is 2. The Hall–Kier alpha value is -0.390. The van der Waals surface area contributed by atoms with Crippen LogP contribution in [0.5, 0.6) is 0 Å². The molecule has 1 aliphatic heterocycles. The van der Waals surface area contributed by atoms with Crippen LogP contribution in [0.3, 0.4) is 0 Å². The van der Waals surface area contributed by atoms with Gasteiger partial charge in [0.25, 0.3) is 0 Å². The monoisotopic (exact) mass is 179 g/mol. The van der Waals surface area contributed by atoms with E-state index < -0.39 is 23.3 Å². The number of urea groups is 1. The van der Waals surface area contributed by atoms with Crippen LogP contribution in [-0.2, 0) is 9.59 Å². The smallest absolute Gasteiger partial charge is 0.277 e. The number of amides is 4. The summed E-state index contributed by atoms with van der Waals surface area (Å²) >= 11 is 0. The summed E-state index contributed by atoms with van der Waals surface area (Å²) in [6.07, 6.45) is 0. The summed E-state index contributed by atoms with van der Waals surface area (Å²) in [4.78, 5) is 32.4. The van der Waals surface area contributed by atoms with E-state index in [-0.39, 0.29) is 29.6 Å². The van der Waals surface area contributed by atoms with Gasteiger partial charge in [0.15, 0.2) is 0 Å². The van der Waals surface area contributed by atoms with E-state index in [2.05, 4.69) is 0 Å². The number of nitrogens with one attached hydrogen (secondary N) is 2. The standard InChI is InChI=1S/C6H8N2O3.Na/c1-6(2)3(9)7-5(11)8-4(6)10;/h1-2H3,(H2,7,8,9,10,11);. The molecule has 0 unspecified atom stereocenters. The number of hydrogen-bond donors (Lipinski definition) is 2. The first-order chi connectivity index (χ1) is 4.94. The summed E-state index contributed by atoms with van der Waals surface area (Å²) < 4.78 is 0. The fourth-order valence-corrected chi connectivity index (χ4v) is 0.653. The summed E-state index contributed by atoms with van der Waals surface area (Å²) in [7, 11) is 0. The van der Waals surface area contributed by atoms with Crippen LogP contribution < -0.4 is 10.6 Å². The number of carbonyl (C=O) groups excluding carboxylic acids is 3. The summed E-state index contributed by atoms with van der Waals surface area (Å²) in [5.74, 6) is -1.13. The Bertz CT molecular complexity index is 227. The minimum absolute atomic E-state index is 0. The minimum Gasteiger partial charge on any atom is -0.277 e. The van der Waals surface area contributed by atoms with Gasteiger partial charge >= 0.3 is 6.03 Å². The number of barbiturate groups is 1. The molecule has 0 spiro atoms. The van der Waals surface area contributed by atoms with E-state index >= 15 is 0 Å². The van der Waals surface area contributed by atoms with E-state index in [1.807, 2.05) is 10.6 Å². The van der Waals surface area contributed by atoms with Crippen molar-refractivity contribution >= 4 is 47.4 Å². The zero-order valence-electron chi connectivity index (χ0n) is 7.22. The van der Waals surface area contributed by atoms with Gasteiger partial charge in [-0.2, -0.15) is 0 Å². The second kappa shape index (κ2) is 3.55. The van der Waals surface area contributed by atoms with Crippen LogP contribution in [0.4, 0.5) is 4.79 Å². The summed E-state index contributed by atoms with van der Waals surface area (Å²) in [6.45, 7) is 2.90. The molecule has 0 aromatic carbocycles. The molecule has 4 amide bonds. The third-order valence-corrected chi connectivity index (χ3v) is 1.59. The third kappa shape index (κ3) is 1.85. The second-order valence-electron chi connectivity index (χ2n) is 2.86. The Labute approximate surface area is 91.6 Å².